The maximum atomic E-state index is 11.1. The van der Waals surface area contributed by atoms with Gasteiger partial charge in [0.05, 0.1) is 22.5 Å². The fraction of sp³-hybridized carbons (Fsp3) is 0.0833. The van der Waals surface area contributed by atoms with E-state index in [9.17, 15) is 8.42 Å². The minimum Gasteiger partial charge on any atom is -0.396 e. The van der Waals surface area contributed by atoms with Gasteiger partial charge in [0.2, 0.25) is 10.0 Å². The van der Waals surface area contributed by atoms with Crippen molar-refractivity contribution < 1.29 is 8.42 Å². The third-order valence-corrected chi connectivity index (χ3v) is 3.52. The molecule has 0 spiro atoms. The van der Waals surface area contributed by atoms with Gasteiger partial charge in [-0.1, -0.05) is 12.1 Å². The molecule has 0 saturated heterocycles. The van der Waals surface area contributed by atoms with Gasteiger partial charge in [-0.05, 0) is 23.8 Å². The molecule has 7 heteroatoms. The minimum absolute atomic E-state index is 0.0969. The van der Waals surface area contributed by atoms with Crippen LogP contribution in [0.2, 0.25) is 0 Å². The molecular weight excluding hydrogens is 264 g/mol. The Balaban J connectivity index is 2.07. The first-order valence-corrected chi connectivity index (χ1v) is 7.06. The summed E-state index contributed by atoms with van der Waals surface area (Å²) >= 11 is 0. The fourth-order valence-corrected chi connectivity index (χ4v) is 2.08. The highest BCUT2D eigenvalue weighted by atomic mass is 32.2. The van der Waals surface area contributed by atoms with E-state index >= 15 is 0 Å². The fourth-order valence-electron chi connectivity index (χ4n) is 1.56. The molecule has 2 rings (SSSR count). The van der Waals surface area contributed by atoms with Gasteiger partial charge in [-0.25, -0.2) is 13.6 Å². The van der Waals surface area contributed by atoms with Gasteiger partial charge in [-0.2, -0.15) is 0 Å². The van der Waals surface area contributed by atoms with Crippen LogP contribution in [0.5, 0.6) is 0 Å². The molecule has 0 saturated carbocycles. The summed E-state index contributed by atoms with van der Waals surface area (Å²) in [5.41, 5.74) is 8.01. The summed E-state index contributed by atoms with van der Waals surface area (Å²) in [6.07, 6.45) is 3.20. The zero-order chi connectivity index (χ0) is 13.9. The molecule has 6 nitrogen and oxygen atoms in total. The van der Waals surface area contributed by atoms with Crippen LogP contribution in [-0.2, 0) is 16.6 Å². The maximum Gasteiger partial charge on any atom is 0.238 e. The Labute approximate surface area is 111 Å². The highest BCUT2D eigenvalue weighted by Gasteiger charge is 2.06. The van der Waals surface area contributed by atoms with Crippen molar-refractivity contribution in [2.45, 2.75) is 11.4 Å². The molecule has 0 bridgehead atoms. The van der Waals surface area contributed by atoms with Crippen LogP contribution >= 0.6 is 0 Å². The first-order valence-electron chi connectivity index (χ1n) is 5.52. The van der Waals surface area contributed by atoms with Crippen LogP contribution in [0.1, 0.15) is 5.56 Å². The lowest BCUT2D eigenvalue weighted by atomic mass is 10.2. The number of pyridine rings is 1. The molecule has 0 aliphatic rings. The smallest absolute Gasteiger partial charge is 0.238 e. The Morgan fingerprint density at radius 1 is 1.16 bits per heavy atom. The van der Waals surface area contributed by atoms with Crippen LogP contribution in [0.25, 0.3) is 0 Å². The number of hydrogen-bond acceptors (Lipinski definition) is 5. The van der Waals surface area contributed by atoms with E-state index < -0.39 is 10.0 Å². The number of sulfonamides is 1. The van der Waals surface area contributed by atoms with E-state index in [0.29, 0.717) is 12.2 Å². The summed E-state index contributed by atoms with van der Waals surface area (Å²) in [5, 5.41) is 8.17. The molecule has 1 aromatic heterocycles. The van der Waals surface area contributed by atoms with E-state index in [-0.39, 0.29) is 4.90 Å². The third-order valence-electron chi connectivity index (χ3n) is 2.59. The number of benzene rings is 1. The van der Waals surface area contributed by atoms with E-state index in [2.05, 4.69) is 10.3 Å². The monoisotopic (exact) mass is 278 g/mol. The van der Waals surface area contributed by atoms with Gasteiger partial charge in [0.1, 0.15) is 0 Å². The van der Waals surface area contributed by atoms with Crippen molar-refractivity contribution in [2.75, 3.05) is 11.1 Å². The van der Waals surface area contributed by atoms with Gasteiger partial charge in [0.25, 0.3) is 0 Å². The summed E-state index contributed by atoms with van der Waals surface area (Å²) in [5.74, 6) is 0. The van der Waals surface area contributed by atoms with Crippen molar-refractivity contribution in [2.24, 2.45) is 5.14 Å². The van der Waals surface area contributed by atoms with Crippen molar-refractivity contribution in [1.82, 2.24) is 4.98 Å². The number of rotatable bonds is 4. The van der Waals surface area contributed by atoms with Crippen molar-refractivity contribution in [1.29, 1.82) is 0 Å². The Hall–Kier alpha value is -2.12. The Kier molecular flexibility index (Phi) is 3.68. The standard InChI is InChI=1S/C12H14N4O2S/c13-11-8-15-6-5-12(11)16-7-9-1-3-10(4-2-9)19(14,17)18/h1-6,8H,7,13H2,(H,15,16)(H2,14,17,18). The topological polar surface area (TPSA) is 111 Å². The van der Waals surface area contributed by atoms with Gasteiger partial charge < -0.3 is 11.1 Å². The van der Waals surface area contributed by atoms with Gasteiger partial charge in [0, 0.05) is 12.7 Å². The lowest BCUT2D eigenvalue weighted by Gasteiger charge is -2.09. The van der Waals surface area contributed by atoms with Crippen LogP contribution in [0, 0.1) is 0 Å². The summed E-state index contributed by atoms with van der Waals surface area (Å²) < 4.78 is 22.2. The van der Waals surface area contributed by atoms with E-state index in [1.807, 2.05) is 0 Å². The second kappa shape index (κ2) is 5.25. The van der Waals surface area contributed by atoms with Crippen molar-refractivity contribution in [3.05, 3.63) is 48.3 Å². The number of anilines is 2. The number of nitrogen functional groups attached to an aromatic ring is 1. The van der Waals surface area contributed by atoms with Crippen LogP contribution in [0.15, 0.2) is 47.6 Å². The van der Waals surface area contributed by atoms with Crippen LogP contribution < -0.4 is 16.2 Å². The summed E-state index contributed by atoms with van der Waals surface area (Å²) in [6.45, 7) is 0.527. The van der Waals surface area contributed by atoms with Crippen molar-refractivity contribution in [3.63, 3.8) is 0 Å². The molecule has 0 aliphatic carbocycles. The van der Waals surface area contributed by atoms with E-state index in [0.717, 1.165) is 11.3 Å². The zero-order valence-corrected chi connectivity index (χ0v) is 10.9. The SMILES string of the molecule is Nc1cnccc1NCc1ccc(S(N)(=O)=O)cc1. The maximum absolute atomic E-state index is 11.1. The minimum atomic E-state index is -3.64. The molecule has 1 aromatic carbocycles. The molecule has 0 radical (unpaired) electrons. The number of aromatic nitrogens is 1. The number of nitrogens with one attached hydrogen (secondary N) is 1. The normalized spacial score (nSPS) is 11.2. The first-order chi connectivity index (χ1) is 8.97. The lowest BCUT2D eigenvalue weighted by Crippen LogP contribution is -2.12. The van der Waals surface area contributed by atoms with Crippen LogP contribution in [-0.4, -0.2) is 13.4 Å². The molecule has 1 heterocycles. The molecule has 2 aromatic rings. The Morgan fingerprint density at radius 3 is 2.42 bits per heavy atom. The Morgan fingerprint density at radius 2 is 1.84 bits per heavy atom. The van der Waals surface area contributed by atoms with Crippen molar-refractivity contribution >= 4 is 21.4 Å². The predicted molar refractivity (Wildman–Crippen MR) is 73.8 cm³/mol. The predicted octanol–water partition coefficient (Wildman–Crippen LogP) is 0.923. The van der Waals surface area contributed by atoms with E-state index in [4.69, 9.17) is 10.9 Å². The van der Waals surface area contributed by atoms with Gasteiger partial charge >= 0.3 is 0 Å². The second-order valence-corrected chi connectivity index (χ2v) is 5.57. The number of nitrogens with zero attached hydrogens (tertiary/aromatic N) is 1. The van der Waals surface area contributed by atoms with Gasteiger partial charge in [-0.3, -0.25) is 4.98 Å². The highest BCUT2D eigenvalue weighted by molar-refractivity contribution is 7.89. The number of nitrogens with two attached hydrogens (primary N) is 2. The molecule has 5 N–H and O–H groups in total. The number of hydrogen-bond donors (Lipinski definition) is 3. The van der Waals surface area contributed by atoms with E-state index in [1.165, 1.54) is 12.1 Å². The van der Waals surface area contributed by atoms with E-state index in [1.54, 1.807) is 30.6 Å². The Bertz CT molecular complexity index is 668. The van der Waals surface area contributed by atoms with Gasteiger partial charge in [0.15, 0.2) is 0 Å². The molecule has 0 aliphatic heterocycles. The molecular formula is C12H14N4O2S. The van der Waals surface area contributed by atoms with Gasteiger partial charge in [-0.15, -0.1) is 0 Å². The lowest BCUT2D eigenvalue weighted by molar-refractivity contribution is 0.598. The highest BCUT2D eigenvalue weighted by Crippen LogP contribution is 2.17. The van der Waals surface area contributed by atoms with Crippen LogP contribution in [0.3, 0.4) is 0 Å². The summed E-state index contributed by atoms with van der Waals surface area (Å²) in [7, 11) is -3.64. The summed E-state index contributed by atoms with van der Waals surface area (Å²) in [6, 6.07) is 8.12. The zero-order valence-electron chi connectivity index (χ0n) is 10.1. The second-order valence-electron chi connectivity index (χ2n) is 4.01. The summed E-state index contributed by atoms with van der Waals surface area (Å²) in [4.78, 5) is 3.99. The third kappa shape index (κ3) is 3.43. The molecule has 0 unspecified atom stereocenters. The average Bonchev–Trinajstić information content (AvgIpc) is 2.37. The van der Waals surface area contributed by atoms with Crippen LogP contribution in [0.4, 0.5) is 11.4 Å². The average molecular weight is 278 g/mol. The first kappa shape index (κ1) is 13.3. The quantitative estimate of drug-likeness (QED) is 0.770. The van der Waals surface area contributed by atoms with Crippen molar-refractivity contribution in [3.8, 4) is 0 Å². The molecule has 19 heavy (non-hydrogen) atoms. The molecule has 100 valence electrons. The largest absolute Gasteiger partial charge is 0.396 e. The molecule has 0 amide bonds. The molecule has 0 fully saturated rings. The number of primary sulfonamides is 1. The molecule has 0 atom stereocenters.